The number of hydrogen-bond donors (Lipinski definition) is 3. The van der Waals surface area contributed by atoms with Crippen LogP contribution in [0.4, 0.5) is 0 Å². The lowest BCUT2D eigenvalue weighted by molar-refractivity contribution is 0.448. The predicted octanol–water partition coefficient (Wildman–Crippen LogP) is 8.20. The van der Waals surface area contributed by atoms with Crippen LogP contribution in [0.25, 0.3) is 0 Å². The minimum atomic E-state index is -0.313. The van der Waals surface area contributed by atoms with Crippen molar-refractivity contribution in [1.29, 1.82) is 0 Å². The van der Waals surface area contributed by atoms with Crippen molar-refractivity contribution in [2.24, 2.45) is 5.73 Å². The van der Waals surface area contributed by atoms with Crippen molar-refractivity contribution in [3.05, 3.63) is 57.6 Å². The molecule has 0 aliphatic heterocycles. The summed E-state index contributed by atoms with van der Waals surface area (Å²) in [6, 6.07) is 8.07. The molecule has 0 amide bonds. The standard InChI is InChI=1S/C29H45NO2/c1-9-17(5)23-13-21(14-24(28(23)31)18(6)10-2)27(30)22-15-25(19(7)11-3)29(32)26(16-22)20(8)12-4/h13-20,27,31-32H,9-12,30H2,1-8H3. The third-order valence-electron chi connectivity index (χ3n) is 7.67. The zero-order valence-corrected chi connectivity index (χ0v) is 21.5. The monoisotopic (exact) mass is 439 g/mol. The van der Waals surface area contributed by atoms with Gasteiger partial charge in [0.25, 0.3) is 0 Å². The van der Waals surface area contributed by atoms with Crippen LogP contribution in [0.3, 0.4) is 0 Å². The molecule has 2 rings (SSSR count). The van der Waals surface area contributed by atoms with E-state index < -0.39 is 0 Å². The normalized spacial score (nSPS) is 16.4. The number of aromatic hydroxyl groups is 2. The lowest BCUT2D eigenvalue weighted by atomic mass is 9.83. The van der Waals surface area contributed by atoms with Crippen molar-refractivity contribution in [3.63, 3.8) is 0 Å². The summed E-state index contributed by atoms with van der Waals surface area (Å²) >= 11 is 0. The SMILES string of the molecule is CCC(C)c1cc(C(N)c2cc(C(C)CC)c(O)c(C(C)CC)c2)cc(C(C)CC)c1O. The first-order valence-corrected chi connectivity index (χ1v) is 12.6. The van der Waals surface area contributed by atoms with Gasteiger partial charge < -0.3 is 15.9 Å². The van der Waals surface area contributed by atoms with Crippen molar-refractivity contribution < 1.29 is 10.2 Å². The van der Waals surface area contributed by atoms with Crippen LogP contribution < -0.4 is 5.73 Å². The molecule has 0 radical (unpaired) electrons. The van der Waals surface area contributed by atoms with Crippen molar-refractivity contribution in [2.75, 3.05) is 0 Å². The van der Waals surface area contributed by atoms with Gasteiger partial charge in [-0.3, -0.25) is 0 Å². The number of nitrogens with two attached hydrogens (primary N) is 1. The quantitative estimate of drug-likeness (QED) is 0.349. The maximum Gasteiger partial charge on any atom is 0.122 e. The molecule has 32 heavy (non-hydrogen) atoms. The van der Waals surface area contributed by atoms with Crippen molar-refractivity contribution >= 4 is 0 Å². The fraction of sp³-hybridized carbons (Fsp3) is 0.586. The Balaban J connectivity index is 2.71. The number of phenols is 2. The highest BCUT2D eigenvalue weighted by Gasteiger charge is 2.23. The van der Waals surface area contributed by atoms with Crippen molar-refractivity contribution in [1.82, 2.24) is 0 Å². The molecule has 3 heteroatoms. The van der Waals surface area contributed by atoms with Gasteiger partial charge in [-0.25, -0.2) is 0 Å². The van der Waals surface area contributed by atoms with E-state index in [0.29, 0.717) is 11.5 Å². The molecule has 0 aliphatic carbocycles. The lowest BCUT2D eigenvalue weighted by Crippen LogP contribution is -2.15. The number of rotatable bonds is 10. The Morgan fingerprint density at radius 1 is 0.562 bits per heavy atom. The van der Waals surface area contributed by atoms with E-state index in [1.807, 2.05) is 0 Å². The molecule has 3 nitrogen and oxygen atoms in total. The first-order chi connectivity index (χ1) is 15.1. The van der Waals surface area contributed by atoms with Crippen LogP contribution in [0.5, 0.6) is 11.5 Å². The minimum Gasteiger partial charge on any atom is -0.507 e. The summed E-state index contributed by atoms with van der Waals surface area (Å²) in [7, 11) is 0. The van der Waals surface area contributed by atoms with E-state index in [0.717, 1.165) is 59.1 Å². The van der Waals surface area contributed by atoms with E-state index in [4.69, 9.17) is 5.73 Å². The third-order valence-corrected chi connectivity index (χ3v) is 7.67. The topological polar surface area (TPSA) is 66.5 Å². The lowest BCUT2D eigenvalue weighted by Gasteiger charge is -2.25. The van der Waals surface area contributed by atoms with Gasteiger partial charge in [-0.1, -0.05) is 55.4 Å². The van der Waals surface area contributed by atoms with Gasteiger partial charge in [0.15, 0.2) is 0 Å². The Labute approximate surface area is 196 Å². The summed E-state index contributed by atoms with van der Waals surface area (Å²) in [6.45, 7) is 17.2. The molecule has 0 bridgehead atoms. The van der Waals surface area contributed by atoms with Gasteiger partial charge in [-0.15, -0.1) is 0 Å². The Morgan fingerprint density at radius 3 is 0.969 bits per heavy atom. The number of benzene rings is 2. The van der Waals surface area contributed by atoms with Crippen LogP contribution in [0.2, 0.25) is 0 Å². The van der Waals surface area contributed by atoms with Crippen LogP contribution in [0, 0.1) is 0 Å². The van der Waals surface area contributed by atoms with Gasteiger partial charge in [0.1, 0.15) is 11.5 Å². The Bertz CT molecular complexity index is 769. The van der Waals surface area contributed by atoms with Crippen LogP contribution in [0.1, 0.15) is 144 Å². The third kappa shape index (κ3) is 5.31. The summed E-state index contributed by atoms with van der Waals surface area (Å²) < 4.78 is 0. The molecule has 4 unspecified atom stereocenters. The summed E-state index contributed by atoms with van der Waals surface area (Å²) in [5, 5.41) is 22.1. The minimum absolute atomic E-state index is 0.260. The Hall–Kier alpha value is -2.00. The van der Waals surface area contributed by atoms with Gasteiger partial charge in [-0.2, -0.15) is 0 Å². The maximum absolute atomic E-state index is 11.0. The van der Waals surface area contributed by atoms with E-state index in [9.17, 15) is 10.2 Å². The molecule has 0 saturated carbocycles. The second-order valence-corrected chi connectivity index (χ2v) is 9.81. The van der Waals surface area contributed by atoms with E-state index in [1.54, 1.807) is 0 Å². The van der Waals surface area contributed by atoms with E-state index in [-0.39, 0.29) is 29.7 Å². The molecule has 4 N–H and O–H groups in total. The van der Waals surface area contributed by atoms with Gasteiger partial charge in [0.2, 0.25) is 0 Å². The highest BCUT2D eigenvalue weighted by Crippen LogP contribution is 2.42. The van der Waals surface area contributed by atoms with E-state index in [2.05, 4.69) is 79.7 Å². The van der Waals surface area contributed by atoms with Crippen LogP contribution in [0.15, 0.2) is 24.3 Å². The Morgan fingerprint density at radius 2 is 0.781 bits per heavy atom. The zero-order valence-electron chi connectivity index (χ0n) is 21.5. The molecule has 2 aromatic carbocycles. The molecule has 0 aliphatic rings. The highest BCUT2D eigenvalue weighted by atomic mass is 16.3. The van der Waals surface area contributed by atoms with Gasteiger partial charge in [0.05, 0.1) is 6.04 Å². The molecule has 178 valence electrons. The predicted molar refractivity (Wildman–Crippen MR) is 137 cm³/mol. The molecular weight excluding hydrogens is 394 g/mol. The second-order valence-electron chi connectivity index (χ2n) is 9.81. The molecule has 2 aromatic rings. The molecular formula is C29H45NO2. The van der Waals surface area contributed by atoms with Crippen LogP contribution in [-0.4, -0.2) is 10.2 Å². The van der Waals surface area contributed by atoms with E-state index >= 15 is 0 Å². The average molecular weight is 440 g/mol. The molecule has 4 atom stereocenters. The van der Waals surface area contributed by atoms with E-state index in [1.165, 1.54) is 0 Å². The molecule has 0 fully saturated rings. The van der Waals surface area contributed by atoms with Crippen molar-refractivity contribution in [2.45, 2.75) is 111 Å². The smallest absolute Gasteiger partial charge is 0.122 e. The zero-order chi connectivity index (χ0) is 24.2. The Kier molecular flexibility index (Phi) is 9.21. The van der Waals surface area contributed by atoms with Gasteiger partial charge in [-0.05, 0) is 107 Å². The van der Waals surface area contributed by atoms with Crippen molar-refractivity contribution in [3.8, 4) is 11.5 Å². The fourth-order valence-corrected chi connectivity index (χ4v) is 4.34. The first kappa shape index (κ1) is 26.3. The molecule has 0 saturated heterocycles. The molecule has 0 aromatic heterocycles. The summed E-state index contributed by atoms with van der Waals surface area (Å²) in [5.74, 6) is 1.89. The second kappa shape index (κ2) is 11.2. The summed E-state index contributed by atoms with van der Waals surface area (Å²) in [4.78, 5) is 0. The number of phenolic OH excluding ortho intramolecular Hbond substituents is 2. The van der Waals surface area contributed by atoms with Gasteiger partial charge >= 0.3 is 0 Å². The largest absolute Gasteiger partial charge is 0.507 e. The highest BCUT2D eigenvalue weighted by molar-refractivity contribution is 5.52. The fourth-order valence-electron chi connectivity index (χ4n) is 4.34. The first-order valence-electron chi connectivity index (χ1n) is 12.6. The maximum atomic E-state index is 11.0. The van der Waals surface area contributed by atoms with Gasteiger partial charge in [0, 0.05) is 0 Å². The average Bonchev–Trinajstić information content (AvgIpc) is 2.81. The number of hydrogen-bond acceptors (Lipinski definition) is 3. The van der Waals surface area contributed by atoms with Crippen LogP contribution >= 0.6 is 0 Å². The van der Waals surface area contributed by atoms with Crippen LogP contribution in [-0.2, 0) is 0 Å². The summed E-state index contributed by atoms with van der Waals surface area (Å²) in [6.07, 6.45) is 3.84. The molecule has 0 heterocycles. The summed E-state index contributed by atoms with van der Waals surface area (Å²) in [5.41, 5.74) is 12.9. The molecule has 0 spiro atoms.